The fraction of sp³-hybridized carbons (Fsp3) is 0.556. The molecule has 4 nitrogen and oxygen atoms in total. The largest absolute Gasteiger partial charge is 0.468 e. The lowest BCUT2D eigenvalue weighted by Gasteiger charge is -2.24. The van der Waals surface area contributed by atoms with E-state index in [0.717, 1.165) is 18.4 Å². The lowest BCUT2D eigenvalue weighted by atomic mass is 9.81. The molecule has 0 aliphatic heterocycles. The van der Waals surface area contributed by atoms with Crippen LogP contribution in [0.4, 0.5) is 0 Å². The number of rotatable bonds is 2. The molecule has 0 atom stereocenters. The van der Waals surface area contributed by atoms with Crippen LogP contribution in [0, 0.1) is 5.41 Å². The van der Waals surface area contributed by atoms with Crippen molar-refractivity contribution >= 4 is 11.9 Å². The van der Waals surface area contributed by atoms with Gasteiger partial charge in [-0.05, 0) is 49.7 Å². The Morgan fingerprint density at radius 3 is 2.18 bits per heavy atom. The van der Waals surface area contributed by atoms with Crippen molar-refractivity contribution in [1.82, 2.24) is 0 Å². The Labute approximate surface area is 131 Å². The van der Waals surface area contributed by atoms with E-state index < -0.39 is 17.4 Å². The quantitative estimate of drug-likeness (QED) is 0.579. The van der Waals surface area contributed by atoms with Gasteiger partial charge in [0.2, 0.25) is 0 Å². The molecule has 0 aromatic heterocycles. The lowest BCUT2D eigenvalue weighted by Crippen LogP contribution is -2.39. The summed E-state index contributed by atoms with van der Waals surface area (Å²) < 4.78 is 9.70. The maximum Gasteiger partial charge on any atom is 0.327 e. The smallest absolute Gasteiger partial charge is 0.327 e. The Morgan fingerprint density at radius 1 is 1.05 bits per heavy atom. The minimum Gasteiger partial charge on any atom is -0.468 e. The number of esters is 2. The maximum atomic E-state index is 12.2. The highest BCUT2D eigenvalue weighted by Crippen LogP contribution is 2.39. The van der Waals surface area contributed by atoms with E-state index in [4.69, 9.17) is 9.47 Å². The van der Waals surface area contributed by atoms with Crippen LogP contribution in [0.15, 0.2) is 35.5 Å². The maximum absolute atomic E-state index is 12.2. The van der Waals surface area contributed by atoms with Crippen LogP contribution >= 0.6 is 0 Å². The van der Waals surface area contributed by atoms with E-state index in [1.807, 2.05) is 0 Å². The van der Waals surface area contributed by atoms with Crippen LogP contribution in [0.25, 0.3) is 0 Å². The highest BCUT2D eigenvalue weighted by molar-refractivity contribution is 6.02. The Kier molecular flexibility index (Phi) is 5.22. The fourth-order valence-electron chi connectivity index (χ4n) is 3.38. The van der Waals surface area contributed by atoms with Gasteiger partial charge in [-0.2, -0.15) is 0 Å². The number of carbonyl (C=O) groups is 2. The van der Waals surface area contributed by atoms with Gasteiger partial charge < -0.3 is 9.47 Å². The molecule has 0 saturated heterocycles. The van der Waals surface area contributed by atoms with Gasteiger partial charge in [-0.15, -0.1) is 0 Å². The van der Waals surface area contributed by atoms with Crippen LogP contribution in [-0.4, -0.2) is 26.2 Å². The number of allylic oxidation sites excluding steroid dienone is 4. The first-order valence-corrected chi connectivity index (χ1v) is 7.81. The van der Waals surface area contributed by atoms with Crippen LogP contribution in [0.2, 0.25) is 0 Å². The molecule has 2 rings (SSSR count). The molecule has 0 radical (unpaired) electrons. The van der Waals surface area contributed by atoms with Gasteiger partial charge in [0.15, 0.2) is 5.41 Å². The van der Waals surface area contributed by atoms with E-state index in [0.29, 0.717) is 12.8 Å². The van der Waals surface area contributed by atoms with Crippen molar-refractivity contribution in [2.24, 2.45) is 5.41 Å². The first-order valence-electron chi connectivity index (χ1n) is 7.81. The second-order valence-electron chi connectivity index (χ2n) is 5.96. The number of carbonyl (C=O) groups excluding carboxylic acids is 2. The number of ether oxygens (including phenoxy) is 2. The monoisotopic (exact) mass is 304 g/mol. The van der Waals surface area contributed by atoms with Crippen LogP contribution in [-0.2, 0) is 19.1 Å². The second-order valence-corrected chi connectivity index (χ2v) is 5.96. The summed E-state index contributed by atoms with van der Waals surface area (Å²) >= 11 is 0. The summed E-state index contributed by atoms with van der Waals surface area (Å²) in [6, 6.07) is 0. The standard InChI is InChI=1S/C18H24O4/c1-13-9-11-18(16(19)21-2,17(20)22-3)12-10-15(13)14-7-5-4-6-8-14/h9,11H,1,4-8,10,12H2,2-3H3. The SMILES string of the molecule is C=C1C=CC(C(=O)OC)(C(=O)OC)CCC1=C1CCCCC1. The molecule has 0 N–H and O–H groups in total. The normalized spacial score (nSPS) is 21.3. The van der Waals surface area contributed by atoms with E-state index in [1.54, 1.807) is 12.2 Å². The van der Waals surface area contributed by atoms with E-state index in [-0.39, 0.29) is 0 Å². The molecule has 2 aliphatic carbocycles. The van der Waals surface area contributed by atoms with E-state index >= 15 is 0 Å². The second kappa shape index (κ2) is 6.95. The molecular formula is C18H24O4. The summed E-state index contributed by atoms with van der Waals surface area (Å²) in [5.74, 6) is -1.14. The van der Waals surface area contributed by atoms with Gasteiger partial charge >= 0.3 is 11.9 Å². The summed E-state index contributed by atoms with van der Waals surface area (Å²) in [4.78, 5) is 24.4. The van der Waals surface area contributed by atoms with Crippen LogP contribution < -0.4 is 0 Å². The molecule has 0 spiro atoms. The molecule has 1 saturated carbocycles. The zero-order valence-corrected chi connectivity index (χ0v) is 13.4. The summed E-state index contributed by atoms with van der Waals surface area (Å²) in [6.45, 7) is 4.12. The van der Waals surface area contributed by atoms with Gasteiger partial charge in [0.05, 0.1) is 14.2 Å². The van der Waals surface area contributed by atoms with Gasteiger partial charge in [-0.1, -0.05) is 30.7 Å². The average molecular weight is 304 g/mol. The minimum absolute atomic E-state index is 0.362. The van der Waals surface area contributed by atoms with Gasteiger partial charge in [0.1, 0.15) is 0 Å². The molecular weight excluding hydrogens is 280 g/mol. The zero-order chi connectivity index (χ0) is 16.2. The van der Waals surface area contributed by atoms with Crippen molar-refractivity contribution in [2.45, 2.75) is 44.9 Å². The predicted molar refractivity (Wildman–Crippen MR) is 84.1 cm³/mol. The third kappa shape index (κ3) is 3.01. The van der Waals surface area contributed by atoms with Crippen molar-refractivity contribution in [3.63, 3.8) is 0 Å². The molecule has 0 unspecified atom stereocenters. The molecule has 1 fully saturated rings. The van der Waals surface area contributed by atoms with Gasteiger partial charge in [0, 0.05) is 0 Å². The van der Waals surface area contributed by atoms with E-state index in [2.05, 4.69) is 6.58 Å². The van der Waals surface area contributed by atoms with Gasteiger partial charge in [-0.3, -0.25) is 9.59 Å². The van der Waals surface area contributed by atoms with E-state index in [9.17, 15) is 9.59 Å². The molecule has 22 heavy (non-hydrogen) atoms. The van der Waals surface area contributed by atoms with Crippen molar-refractivity contribution in [3.8, 4) is 0 Å². The molecule has 2 aliphatic rings. The van der Waals surface area contributed by atoms with Crippen molar-refractivity contribution in [3.05, 3.63) is 35.5 Å². The Balaban J connectivity index is 2.36. The molecule has 0 amide bonds. The molecule has 0 bridgehead atoms. The van der Waals surface area contributed by atoms with Crippen molar-refractivity contribution in [1.29, 1.82) is 0 Å². The first kappa shape index (κ1) is 16.5. The molecule has 0 heterocycles. The van der Waals surface area contributed by atoms with Gasteiger partial charge in [-0.25, -0.2) is 0 Å². The molecule has 0 aromatic rings. The summed E-state index contributed by atoms with van der Waals surface area (Å²) in [5.41, 5.74) is 2.16. The number of methoxy groups -OCH3 is 2. The lowest BCUT2D eigenvalue weighted by molar-refractivity contribution is -0.165. The average Bonchev–Trinajstić information content (AvgIpc) is 2.74. The number of hydrogen-bond donors (Lipinski definition) is 0. The Morgan fingerprint density at radius 2 is 1.64 bits per heavy atom. The first-order chi connectivity index (χ1) is 10.5. The van der Waals surface area contributed by atoms with Crippen molar-refractivity contribution in [2.75, 3.05) is 14.2 Å². The number of hydrogen-bond acceptors (Lipinski definition) is 4. The highest BCUT2D eigenvalue weighted by atomic mass is 16.5. The summed E-state index contributed by atoms with van der Waals surface area (Å²) in [7, 11) is 2.59. The molecule has 120 valence electrons. The highest BCUT2D eigenvalue weighted by Gasteiger charge is 2.47. The van der Waals surface area contributed by atoms with E-state index in [1.165, 1.54) is 44.6 Å². The Bertz CT molecular complexity index is 515. The molecule has 4 heteroatoms. The summed E-state index contributed by atoms with van der Waals surface area (Å²) in [5, 5.41) is 0. The van der Waals surface area contributed by atoms with Crippen LogP contribution in [0.1, 0.15) is 44.9 Å². The summed E-state index contributed by atoms with van der Waals surface area (Å²) in [6.07, 6.45) is 10.2. The predicted octanol–water partition coefficient (Wildman–Crippen LogP) is 3.49. The molecule has 0 aromatic carbocycles. The zero-order valence-electron chi connectivity index (χ0n) is 13.4. The van der Waals surface area contributed by atoms with Crippen LogP contribution in [0.5, 0.6) is 0 Å². The van der Waals surface area contributed by atoms with Gasteiger partial charge in [0.25, 0.3) is 0 Å². The topological polar surface area (TPSA) is 52.6 Å². The minimum atomic E-state index is -1.36. The Hall–Kier alpha value is -1.84. The third-order valence-electron chi connectivity index (χ3n) is 4.71. The van der Waals surface area contributed by atoms with Crippen LogP contribution in [0.3, 0.4) is 0 Å². The van der Waals surface area contributed by atoms with Crippen molar-refractivity contribution < 1.29 is 19.1 Å². The third-order valence-corrected chi connectivity index (χ3v) is 4.71. The fourth-order valence-corrected chi connectivity index (χ4v) is 3.38.